The predicted molar refractivity (Wildman–Crippen MR) is 142 cm³/mol. The van der Waals surface area contributed by atoms with E-state index in [1.165, 1.54) is 4.31 Å². The summed E-state index contributed by atoms with van der Waals surface area (Å²) >= 11 is 5.94. The molecule has 0 aliphatic carbocycles. The summed E-state index contributed by atoms with van der Waals surface area (Å²) in [5.41, 5.74) is 1.42. The molecule has 192 valence electrons. The van der Waals surface area contributed by atoms with Gasteiger partial charge in [0.25, 0.3) is 0 Å². The minimum atomic E-state index is -3.55. The second kappa shape index (κ2) is 13.5. The van der Waals surface area contributed by atoms with E-state index < -0.39 is 16.1 Å². The van der Waals surface area contributed by atoms with Crippen LogP contribution in [0, 0.1) is 0 Å². The Morgan fingerprint density at radius 1 is 1.00 bits per heavy atom. The Labute approximate surface area is 214 Å². The van der Waals surface area contributed by atoms with Gasteiger partial charge in [-0.05, 0) is 56.0 Å². The molecule has 1 N–H and O–H groups in total. The summed E-state index contributed by atoms with van der Waals surface area (Å²) in [6.45, 7) is 6.26. The molecule has 0 aliphatic rings. The van der Waals surface area contributed by atoms with E-state index in [1.807, 2.05) is 51.1 Å². The number of halogens is 1. The molecule has 2 aromatic rings. The van der Waals surface area contributed by atoms with E-state index in [1.54, 1.807) is 29.2 Å². The van der Waals surface area contributed by atoms with Crippen LogP contribution in [0.2, 0.25) is 5.02 Å². The lowest BCUT2D eigenvalue weighted by Crippen LogP contribution is -2.50. The molecule has 0 saturated carbocycles. The number of carbonyl (C=O) groups excluding carboxylic acids is 2. The summed E-state index contributed by atoms with van der Waals surface area (Å²) in [5, 5.41) is 3.50. The number of rotatable bonds is 13. The zero-order chi connectivity index (χ0) is 26.0. The maximum Gasteiger partial charge on any atom is 0.243 e. The van der Waals surface area contributed by atoms with Gasteiger partial charge < -0.3 is 10.2 Å². The highest BCUT2D eigenvalue weighted by atomic mass is 35.5. The average Bonchev–Trinajstić information content (AvgIpc) is 2.82. The highest BCUT2D eigenvalue weighted by Crippen LogP contribution is 2.22. The van der Waals surface area contributed by atoms with Crippen molar-refractivity contribution in [3.05, 3.63) is 65.2 Å². The molecule has 2 atom stereocenters. The third kappa shape index (κ3) is 8.85. The van der Waals surface area contributed by atoms with Gasteiger partial charge in [-0.15, -0.1) is 0 Å². The van der Waals surface area contributed by atoms with Crippen molar-refractivity contribution in [1.82, 2.24) is 10.2 Å². The molecule has 0 heterocycles. The number of sulfonamides is 1. The zero-order valence-corrected chi connectivity index (χ0v) is 22.5. The minimum absolute atomic E-state index is 0.00734. The van der Waals surface area contributed by atoms with Gasteiger partial charge in [0.15, 0.2) is 0 Å². The minimum Gasteiger partial charge on any atom is -0.352 e. The molecule has 0 bridgehead atoms. The SMILES string of the molecule is CC[C@@H](C)NC(=O)[C@@H](CC)N(Cc1ccccc1)C(=O)CCCN(c1ccc(Cl)cc1)S(C)(=O)=O. The molecule has 2 rings (SSSR count). The van der Waals surface area contributed by atoms with Gasteiger partial charge >= 0.3 is 0 Å². The van der Waals surface area contributed by atoms with Crippen molar-refractivity contribution in [3.63, 3.8) is 0 Å². The lowest BCUT2D eigenvalue weighted by atomic mass is 10.1. The third-order valence-corrected chi connectivity index (χ3v) is 7.30. The molecule has 0 fully saturated rings. The first-order chi connectivity index (χ1) is 16.6. The van der Waals surface area contributed by atoms with E-state index in [0.29, 0.717) is 30.1 Å². The van der Waals surface area contributed by atoms with E-state index in [4.69, 9.17) is 11.6 Å². The molecule has 2 amide bonds. The quantitative estimate of drug-likeness (QED) is 0.417. The van der Waals surface area contributed by atoms with E-state index in [2.05, 4.69) is 5.32 Å². The lowest BCUT2D eigenvalue weighted by Gasteiger charge is -2.32. The van der Waals surface area contributed by atoms with Gasteiger partial charge in [0.05, 0.1) is 11.9 Å². The van der Waals surface area contributed by atoms with Crippen LogP contribution in [0.5, 0.6) is 0 Å². The Balaban J connectivity index is 2.18. The number of amides is 2. The van der Waals surface area contributed by atoms with Gasteiger partial charge in [-0.3, -0.25) is 13.9 Å². The first-order valence-corrected chi connectivity index (χ1v) is 14.2. The molecule has 0 aromatic heterocycles. The maximum atomic E-state index is 13.4. The number of hydrogen-bond acceptors (Lipinski definition) is 4. The van der Waals surface area contributed by atoms with Crippen LogP contribution in [-0.2, 0) is 26.2 Å². The third-order valence-electron chi connectivity index (χ3n) is 5.85. The largest absolute Gasteiger partial charge is 0.352 e. The summed E-state index contributed by atoms with van der Waals surface area (Å²) < 4.78 is 26.0. The summed E-state index contributed by atoms with van der Waals surface area (Å²) in [7, 11) is -3.55. The molecular formula is C26H36ClN3O4S. The predicted octanol–water partition coefficient (Wildman–Crippen LogP) is 4.61. The topological polar surface area (TPSA) is 86.8 Å². The zero-order valence-electron chi connectivity index (χ0n) is 20.9. The highest BCUT2D eigenvalue weighted by molar-refractivity contribution is 7.92. The van der Waals surface area contributed by atoms with Crippen LogP contribution in [0.1, 0.15) is 52.0 Å². The maximum absolute atomic E-state index is 13.4. The monoisotopic (exact) mass is 521 g/mol. The average molecular weight is 522 g/mol. The molecule has 0 spiro atoms. The van der Waals surface area contributed by atoms with Crippen molar-refractivity contribution in [1.29, 1.82) is 0 Å². The normalized spacial score (nSPS) is 13.1. The Bertz CT molecular complexity index is 1060. The molecular weight excluding hydrogens is 486 g/mol. The fourth-order valence-electron chi connectivity index (χ4n) is 3.75. The van der Waals surface area contributed by atoms with Crippen LogP contribution in [0.4, 0.5) is 5.69 Å². The Hall–Kier alpha value is -2.58. The van der Waals surface area contributed by atoms with Crippen molar-refractivity contribution in [2.45, 2.75) is 65.1 Å². The van der Waals surface area contributed by atoms with Gasteiger partial charge in [0.1, 0.15) is 6.04 Å². The fraction of sp³-hybridized carbons (Fsp3) is 0.462. The fourth-order valence-corrected chi connectivity index (χ4v) is 4.84. The molecule has 7 nitrogen and oxygen atoms in total. The van der Waals surface area contributed by atoms with E-state index in [9.17, 15) is 18.0 Å². The summed E-state index contributed by atoms with van der Waals surface area (Å²) in [4.78, 5) is 28.0. The number of nitrogens with zero attached hydrogens (tertiary/aromatic N) is 2. The molecule has 9 heteroatoms. The summed E-state index contributed by atoms with van der Waals surface area (Å²) in [5.74, 6) is -0.366. The van der Waals surface area contributed by atoms with Crippen molar-refractivity contribution < 1.29 is 18.0 Å². The van der Waals surface area contributed by atoms with Gasteiger partial charge in [0, 0.05) is 30.6 Å². The molecule has 0 radical (unpaired) electrons. The molecule has 0 unspecified atom stereocenters. The Morgan fingerprint density at radius 3 is 2.17 bits per heavy atom. The highest BCUT2D eigenvalue weighted by Gasteiger charge is 2.29. The van der Waals surface area contributed by atoms with E-state index in [0.717, 1.165) is 18.2 Å². The molecule has 35 heavy (non-hydrogen) atoms. The molecule has 0 saturated heterocycles. The van der Waals surface area contributed by atoms with Gasteiger partial charge in [0.2, 0.25) is 21.8 Å². The Morgan fingerprint density at radius 2 is 1.63 bits per heavy atom. The van der Waals surface area contributed by atoms with Gasteiger partial charge in [-0.2, -0.15) is 0 Å². The summed E-state index contributed by atoms with van der Waals surface area (Å²) in [6, 6.07) is 15.5. The summed E-state index contributed by atoms with van der Waals surface area (Å²) in [6.07, 6.45) is 2.82. The van der Waals surface area contributed by atoms with Crippen LogP contribution in [-0.4, -0.2) is 50.0 Å². The second-order valence-electron chi connectivity index (χ2n) is 8.66. The smallest absolute Gasteiger partial charge is 0.243 e. The number of hydrogen-bond donors (Lipinski definition) is 1. The number of nitrogens with one attached hydrogen (secondary N) is 1. The van der Waals surface area contributed by atoms with Gasteiger partial charge in [-0.1, -0.05) is 55.8 Å². The number of anilines is 1. The molecule has 2 aromatic carbocycles. The van der Waals surface area contributed by atoms with Crippen LogP contribution in [0.3, 0.4) is 0 Å². The first-order valence-electron chi connectivity index (χ1n) is 11.9. The van der Waals surface area contributed by atoms with Crippen molar-refractivity contribution in [2.75, 3.05) is 17.1 Å². The lowest BCUT2D eigenvalue weighted by molar-refractivity contribution is -0.141. The molecule has 0 aliphatic heterocycles. The Kier molecular flexibility index (Phi) is 11.0. The first kappa shape index (κ1) is 28.7. The van der Waals surface area contributed by atoms with Crippen molar-refractivity contribution >= 4 is 39.1 Å². The van der Waals surface area contributed by atoms with Crippen LogP contribution >= 0.6 is 11.6 Å². The number of benzene rings is 2. The van der Waals surface area contributed by atoms with Crippen molar-refractivity contribution in [3.8, 4) is 0 Å². The number of carbonyl (C=O) groups is 2. The van der Waals surface area contributed by atoms with Crippen molar-refractivity contribution in [2.24, 2.45) is 0 Å². The van der Waals surface area contributed by atoms with Crippen LogP contribution < -0.4 is 9.62 Å². The standard InChI is InChI=1S/C26H36ClN3O4S/c1-5-20(3)28-26(32)24(6-2)29(19-21-11-8-7-9-12-21)25(31)13-10-18-30(35(4,33)34)23-16-14-22(27)15-17-23/h7-9,11-12,14-17,20,24H,5-6,10,13,18-19H2,1-4H3,(H,28,32)/t20-,24-/m1/s1. The van der Waals surface area contributed by atoms with Crippen LogP contribution in [0.15, 0.2) is 54.6 Å². The second-order valence-corrected chi connectivity index (χ2v) is 11.0. The van der Waals surface area contributed by atoms with Gasteiger partial charge in [-0.25, -0.2) is 8.42 Å². The van der Waals surface area contributed by atoms with Crippen LogP contribution in [0.25, 0.3) is 0 Å². The van der Waals surface area contributed by atoms with E-state index >= 15 is 0 Å². The van der Waals surface area contributed by atoms with E-state index in [-0.39, 0.29) is 30.8 Å².